The van der Waals surface area contributed by atoms with Gasteiger partial charge in [0, 0.05) is 29.6 Å². The average molecular weight is 350 g/mol. The highest BCUT2D eigenvalue weighted by atomic mass is 19.1. The van der Waals surface area contributed by atoms with Crippen LogP contribution < -0.4 is 10.6 Å². The van der Waals surface area contributed by atoms with E-state index in [0.717, 1.165) is 11.4 Å². The molecule has 5 heteroatoms. The molecular formula is C21H23FN4. The average Bonchev–Trinajstić information content (AvgIpc) is 2.61. The van der Waals surface area contributed by atoms with Crippen molar-refractivity contribution in [3.63, 3.8) is 0 Å². The fourth-order valence-electron chi connectivity index (χ4n) is 2.62. The zero-order chi connectivity index (χ0) is 18.5. The number of hydrogen-bond donors (Lipinski definition) is 2. The smallest absolute Gasteiger partial charge is 0.229 e. The van der Waals surface area contributed by atoms with Gasteiger partial charge in [-0.25, -0.2) is 9.37 Å². The Balaban J connectivity index is 1.72. The minimum Gasteiger partial charge on any atom is -0.366 e. The molecular weight excluding hydrogens is 327 g/mol. The highest BCUT2D eigenvalue weighted by Crippen LogP contribution is 2.20. The van der Waals surface area contributed by atoms with Crippen molar-refractivity contribution in [2.75, 3.05) is 10.6 Å². The SMILES string of the molecule is Cc1cc(NCc2ccccc2F)nc(Nc2ccc(C(C)C)cc2)n1. The summed E-state index contributed by atoms with van der Waals surface area (Å²) in [5.41, 5.74) is 3.65. The quantitative estimate of drug-likeness (QED) is 0.625. The van der Waals surface area contributed by atoms with Gasteiger partial charge in [-0.1, -0.05) is 44.2 Å². The van der Waals surface area contributed by atoms with E-state index in [0.29, 0.717) is 29.8 Å². The molecule has 0 saturated heterocycles. The summed E-state index contributed by atoms with van der Waals surface area (Å²) in [7, 11) is 0. The summed E-state index contributed by atoms with van der Waals surface area (Å²) in [5, 5.41) is 6.39. The minimum atomic E-state index is -0.227. The Morgan fingerprint density at radius 2 is 1.73 bits per heavy atom. The van der Waals surface area contributed by atoms with Crippen molar-refractivity contribution in [2.24, 2.45) is 0 Å². The zero-order valence-corrected chi connectivity index (χ0v) is 15.3. The lowest BCUT2D eigenvalue weighted by Crippen LogP contribution is -2.06. The highest BCUT2D eigenvalue weighted by molar-refractivity contribution is 5.56. The molecule has 3 rings (SSSR count). The normalized spacial score (nSPS) is 10.8. The number of rotatable bonds is 6. The fraction of sp³-hybridized carbons (Fsp3) is 0.238. The van der Waals surface area contributed by atoms with E-state index in [-0.39, 0.29) is 5.82 Å². The maximum Gasteiger partial charge on any atom is 0.229 e. The molecule has 0 bridgehead atoms. The predicted octanol–water partition coefficient (Wildman–Crippen LogP) is 5.40. The van der Waals surface area contributed by atoms with Gasteiger partial charge in [-0.05, 0) is 36.6 Å². The van der Waals surface area contributed by atoms with E-state index < -0.39 is 0 Å². The largest absolute Gasteiger partial charge is 0.366 e. The number of anilines is 3. The molecule has 0 spiro atoms. The van der Waals surface area contributed by atoms with Crippen molar-refractivity contribution in [1.29, 1.82) is 0 Å². The van der Waals surface area contributed by atoms with E-state index in [1.807, 2.05) is 31.2 Å². The lowest BCUT2D eigenvalue weighted by atomic mass is 10.0. The summed E-state index contributed by atoms with van der Waals surface area (Å²) in [6.07, 6.45) is 0. The second-order valence-corrected chi connectivity index (χ2v) is 6.56. The van der Waals surface area contributed by atoms with Crippen LogP contribution in [0, 0.1) is 12.7 Å². The summed E-state index contributed by atoms with van der Waals surface area (Å²) >= 11 is 0. The second kappa shape index (κ2) is 7.95. The molecule has 0 aliphatic rings. The van der Waals surface area contributed by atoms with Crippen molar-refractivity contribution < 1.29 is 4.39 Å². The summed E-state index contributed by atoms with van der Waals surface area (Å²) in [6, 6.07) is 16.8. The molecule has 0 saturated carbocycles. The van der Waals surface area contributed by atoms with Crippen LogP contribution in [-0.4, -0.2) is 9.97 Å². The van der Waals surface area contributed by atoms with Crippen LogP contribution in [-0.2, 0) is 6.54 Å². The number of aryl methyl sites for hydroxylation is 1. The molecule has 2 N–H and O–H groups in total. The van der Waals surface area contributed by atoms with Crippen molar-refractivity contribution in [2.45, 2.75) is 33.2 Å². The monoisotopic (exact) mass is 350 g/mol. The molecule has 0 amide bonds. The van der Waals surface area contributed by atoms with Crippen LogP contribution in [0.5, 0.6) is 0 Å². The van der Waals surface area contributed by atoms with E-state index >= 15 is 0 Å². The third-order valence-corrected chi connectivity index (χ3v) is 4.11. The number of aromatic nitrogens is 2. The van der Waals surface area contributed by atoms with Crippen LogP contribution >= 0.6 is 0 Å². The van der Waals surface area contributed by atoms with Gasteiger partial charge in [0.25, 0.3) is 0 Å². The molecule has 1 heterocycles. The van der Waals surface area contributed by atoms with Crippen LogP contribution in [0.2, 0.25) is 0 Å². The van der Waals surface area contributed by atoms with E-state index in [2.05, 4.69) is 46.6 Å². The maximum atomic E-state index is 13.7. The molecule has 4 nitrogen and oxygen atoms in total. The van der Waals surface area contributed by atoms with Crippen LogP contribution in [0.3, 0.4) is 0 Å². The van der Waals surface area contributed by atoms with Gasteiger partial charge in [-0.15, -0.1) is 0 Å². The molecule has 0 aliphatic heterocycles. The Morgan fingerprint density at radius 1 is 1.00 bits per heavy atom. The molecule has 26 heavy (non-hydrogen) atoms. The first-order valence-corrected chi connectivity index (χ1v) is 8.71. The van der Waals surface area contributed by atoms with Crippen molar-refractivity contribution in [1.82, 2.24) is 9.97 Å². The first-order chi connectivity index (χ1) is 12.5. The van der Waals surface area contributed by atoms with E-state index in [4.69, 9.17) is 0 Å². The molecule has 0 unspecified atom stereocenters. The van der Waals surface area contributed by atoms with Gasteiger partial charge in [0.1, 0.15) is 11.6 Å². The molecule has 0 radical (unpaired) electrons. The first kappa shape index (κ1) is 17.9. The molecule has 0 aliphatic carbocycles. The Morgan fingerprint density at radius 3 is 2.42 bits per heavy atom. The van der Waals surface area contributed by atoms with E-state index in [9.17, 15) is 4.39 Å². The standard InChI is InChI=1S/C21H23FN4/c1-14(2)16-8-10-18(11-9-16)25-21-24-15(3)12-20(26-21)23-13-17-6-4-5-7-19(17)22/h4-12,14H,13H2,1-3H3,(H2,23,24,25,26). The third kappa shape index (κ3) is 4.57. The van der Waals surface area contributed by atoms with Gasteiger partial charge in [0.15, 0.2) is 0 Å². The number of halogens is 1. The molecule has 0 fully saturated rings. The lowest BCUT2D eigenvalue weighted by molar-refractivity contribution is 0.613. The van der Waals surface area contributed by atoms with Gasteiger partial charge < -0.3 is 10.6 Å². The fourth-order valence-corrected chi connectivity index (χ4v) is 2.62. The van der Waals surface area contributed by atoms with Gasteiger partial charge in [-0.2, -0.15) is 4.98 Å². The van der Waals surface area contributed by atoms with Gasteiger partial charge >= 0.3 is 0 Å². The Kier molecular flexibility index (Phi) is 5.46. The maximum absolute atomic E-state index is 13.7. The van der Waals surface area contributed by atoms with Crippen molar-refractivity contribution in [3.05, 3.63) is 77.2 Å². The second-order valence-electron chi connectivity index (χ2n) is 6.56. The van der Waals surface area contributed by atoms with Crippen molar-refractivity contribution >= 4 is 17.5 Å². The van der Waals surface area contributed by atoms with Crippen molar-refractivity contribution in [3.8, 4) is 0 Å². The summed E-state index contributed by atoms with van der Waals surface area (Å²) in [6.45, 7) is 6.61. The van der Waals surface area contributed by atoms with E-state index in [1.54, 1.807) is 12.1 Å². The zero-order valence-electron chi connectivity index (χ0n) is 15.3. The Labute approximate surface area is 153 Å². The van der Waals surface area contributed by atoms with Gasteiger partial charge in [0.2, 0.25) is 5.95 Å². The number of hydrogen-bond acceptors (Lipinski definition) is 4. The molecule has 1 aromatic heterocycles. The topological polar surface area (TPSA) is 49.8 Å². The molecule has 0 atom stereocenters. The first-order valence-electron chi connectivity index (χ1n) is 8.71. The molecule has 134 valence electrons. The summed E-state index contributed by atoms with van der Waals surface area (Å²) in [5.74, 6) is 1.43. The Bertz CT molecular complexity index is 875. The van der Waals surface area contributed by atoms with Crippen LogP contribution in [0.1, 0.15) is 36.6 Å². The number of nitrogens with zero attached hydrogens (tertiary/aromatic N) is 2. The predicted molar refractivity (Wildman–Crippen MR) is 104 cm³/mol. The van der Waals surface area contributed by atoms with Crippen LogP contribution in [0.4, 0.5) is 21.8 Å². The van der Waals surface area contributed by atoms with Crippen LogP contribution in [0.15, 0.2) is 54.6 Å². The third-order valence-electron chi connectivity index (χ3n) is 4.11. The highest BCUT2D eigenvalue weighted by Gasteiger charge is 2.06. The minimum absolute atomic E-state index is 0.227. The summed E-state index contributed by atoms with van der Waals surface area (Å²) < 4.78 is 13.7. The Hall–Kier alpha value is -2.95. The van der Waals surface area contributed by atoms with Crippen LogP contribution in [0.25, 0.3) is 0 Å². The number of nitrogens with one attached hydrogen (secondary N) is 2. The summed E-state index contributed by atoms with van der Waals surface area (Å²) in [4.78, 5) is 8.90. The molecule has 2 aromatic carbocycles. The number of benzene rings is 2. The molecule has 3 aromatic rings. The lowest BCUT2D eigenvalue weighted by Gasteiger charge is -2.11. The van der Waals surface area contributed by atoms with E-state index in [1.165, 1.54) is 11.6 Å². The van der Waals surface area contributed by atoms with Gasteiger partial charge in [-0.3, -0.25) is 0 Å². The van der Waals surface area contributed by atoms with Gasteiger partial charge in [0.05, 0.1) is 0 Å².